The number of nitro benzene ring substituents is 1. The summed E-state index contributed by atoms with van der Waals surface area (Å²) in [5, 5.41) is 13.2. The number of imide groups is 2. The summed E-state index contributed by atoms with van der Waals surface area (Å²) in [7, 11) is 0. The third-order valence-electron chi connectivity index (χ3n) is 5.33. The molecule has 0 spiro atoms. The lowest BCUT2D eigenvalue weighted by Crippen LogP contribution is -2.54. The fraction of sp³-hybridized carbons (Fsp3) is 0.115. The standard InChI is InChI=1S/C26H19BrFN3O7/c1-2-37-22-13-16(12-21(27)23(22)38-14-15-4-3-5-19(10-15)31(35)36)11-20-24(32)29-26(34)30(25(20)33)18-8-6-17(28)7-9-18/h3-13H,2,14H2,1H3,(H,29,32,34)/b20-11+. The van der Waals surface area contributed by atoms with Gasteiger partial charge in [-0.1, -0.05) is 12.1 Å². The van der Waals surface area contributed by atoms with E-state index in [1.807, 2.05) is 0 Å². The number of ether oxygens (including phenoxy) is 2. The Bertz CT molecular complexity index is 1470. The molecule has 1 fully saturated rings. The van der Waals surface area contributed by atoms with Gasteiger partial charge in [-0.05, 0) is 76.5 Å². The van der Waals surface area contributed by atoms with Crippen LogP contribution in [-0.2, 0) is 16.2 Å². The Balaban J connectivity index is 1.64. The molecule has 3 aromatic carbocycles. The molecule has 10 nitrogen and oxygen atoms in total. The third-order valence-corrected chi connectivity index (χ3v) is 5.92. The first-order valence-electron chi connectivity index (χ1n) is 11.2. The van der Waals surface area contributed by atoms with Crippen molar-refractivity contribution in [3.8, 4) is 11.5 Å². The number of halogens is 2. The van der Waals surface area contributed by atoms with E-state index >= 15 is 0 Å². The largest absolute Gasteiger partial charge is 0.490 e. The fourth-order valence-electron chi connectivity index (χ4n) is 3.64. The lowest BCUT2D eigenvalue weighted by Gasteiger charge is -2.26. The molecule has 12 heteroatoms. The minimum Gasteiger partial charge on any atom is -0.490 e. The van der Waals surface area contributed by atoms with Crippen molar-refractivity contribution in [2.24, 2.45) is 0 Å². The first-order chi connectivity index (χ1) is 18.2. The van der Waals surface area contributed by atoms with E-state index in [4.69, 9.17) is 9.47 Å². The van der Waals surface area contributed by atoms with E-state index < -0.39 is 28.6 Å². The van der Waals surface area contributed by atoms with Gasteiger partial charge in [0, 0.05) is 12.1 Å². The number of urea groups is 1. The number of nitro groups is 1. The summed E-state index contributed by atoms with van der Waals surface area (Å²) in [4.78, 5) is 49.3. The summed E-state index contributed by atoms with van der Waals surface area (Å²) in [6, 6.07) is 12.9. The van der Waals surface area contributed by atoms with Crippen LogP contribution in [0, 0.1) is 15.9 Å². The lowest BCUT2D eigenvalue weighted by molar-refractivity contribution is -0.384. The molecule has 4 amide bonds. The van der Waals surface area contributed by atoms with E-state index in [-0.39, 0.29) is 35.9 Å². The minimum atomic E-state index is -0.954. The molecule has 1 heterocycles. The Morgan fingerprint density at radius 1 is 1.08 bits per heavy atom. The first kappa shape index (κ1) is 26.5. The summed E-state index contributed by atoms with van der Waals surface area (Å²) in [6.07, 6.45) is 1.29. The first-order valence-corrected chi connectivity index (χ1v) is 12.0. The number of nitrogens with one attached hydrogen (secondary N) is 1. The second kappa shape index (κ2) is 11.2. The molecule has 1 aliphatic heterocycles. The zero-order chi connectivity index (χ0) is 27.4. The van der Waals surface area contributed by atoms with Gasteiger partial charge in [0.1, 0.15) is 18.0 Å². The third kappa shape index (κ3) is 5.70. The van der Waals surface area contributed by atoms with E-state index in [0.29, 0.717) is 21.3 Å². The van der Waals surface area contributed by atoms with Crippen LogP contribution in [0.2, 0.25) is 0 Å². The topological polar surface area (TPSA) is 128 Å². The predicted octanol–water partition coefficient (Wildman–Crippen LogP) is 5.14. The highest BCUT2D eigenvalue weighted by Crippen LogP contribution is 2.38. The molecule has 3 aromatic rings. The van der Waals surface area contributed by atoms with Crippen LogP contribution >= 0.6 is 15.9 Å². The van der Waals surface area contributed by atoms with Crippen molar-refractivity contribution in [3.05, 3.63) is 97.8 Å². The van der Waals surface area contributed by atoms with E-state index in [9.17, 15) is 28.9 Å². The maximum atomic E-state index is 13.3. The van der Waals surface area contributed by atoms with Gasteiger partial charge in [-0.2, -0.15) is 0 Å². The Labute approximate surface area is 223 Å². The van der Waals surface area contributed by atoms with Crippen LogP contribution in [0.25, 0.3) is 6.08 Å². The van der Waals surface area contributed by atoms with Crippen LogP contribution in [-0.4, -0.2) is 29.4 Å². The maximum Gasteiger partial charge on any atom is 0.335 e. The molecule has 1 saturated heterocycles. The molecule has 0 unspecified atom stereocenters. The number of nitrogens with zero attached hydrogens (tertiary/aromatic N) is 2. The molecular weight excluding hydrogens is 565 g/mol. The van der Waals surface area contributed by atoms with Crippen molar-refractivity contribution >= 4 is 51.2 Å². The number of barbiturate groups is 1. The van der Waals surface area contributed by atoms with Crippen molar-refractivity contribution in [1.29, 1.82) is 0 Å². The van der Waals surface area contributed by atoms with Crippen LogP contribution in [0.15, 0.2) is 70.7 Å². The van der Waals surface area contributed by atoms with Crippen molar-refractivity contribution in [2.45, 2.75) is 13.5 Å². The van der Waals surface area contributed by atoms with E-state index in [0.717, 1.165) is 17.0 Å². The van der Waals surface area contributed by atoms with Gasteiger partial charge in [-0.3, -0.25) is 25.0 Å². The van der Waals surface area contributed by atoms with Crippen molar-refractivity contribution < 1.29 is 33.2 Å². The number of hydrogen-bond donors (Lipinski definition) is 1. The fourth-order valence-corrected chi connectivity index (χ4v) is 4.21. The SMILES string of the molecule is CCOc1cc(/C=C2\C(=O)NC(=O)N(c3ccc(F)cc3)C2=O)cc(Br)c1OCc1cccc([N+](=O)[O-])c1. The average molecular weight is 584 g/mol. The molecule has 0 radical (unpaired) electrons. The van der Waals surface area contributed by atoms with Gasteiger partial charge in [-0.15, -0.1) is 0 Å². The number of carbonyl (C=O) groups excluding carboxylic acids is 3. The van der Waals surface area contributed by atoms with Gasteiger partial charge in [0.15, 0.2) is 11.5 Å². The maximum absolute atomic E-state index is 13.3. The molecular formula is C26H19BrFN3O7. The molecule has 0 saturated carbocycles. The molecule has 4 rings (SSSR count). The molecule has 0 aliphatic carbocycles. The summed E-state index contributed by atoms with van der Waals surface area (Å²) in [5.41, 5.74) is 0.646. The predicted molar refractivity (Wildman–Crippen MR) is 138 cm³/mol. The van der Waals surface area contributed by atoms with Crippen molar-refractivity contribution in [1.82, 2.24) is 5.32 Å². The molecule has 0 aromatic heterocycles. The molecule has 0 bridgehead atoms. The van der Waals surface area contributed by atoms with Gasteiger partial charge >= 0.3 is 6.03 Å². The highest BCUT2D eigenvalue weighted by molar-refractivity contribution is 9.10. The quantitative estimate of drug-likeness (QED) is 0.168. The summed E-state index contributed by atoms with van der Waals surface area (Å²) in [6.45, 7) is 2.04. The Morgan fingerprint density at radius 3 is 2.50 bits per heavy atom. The zero-order valence-electron chi connectivity index (χ0n) is 19.8. The van der Waals surface area contributed by atoms with Crippen LogP contribution in [0.4, 0.5) is 20.6 Å². The lowest BCUT2D eigenvalue weighted by atomic mass is 10.1. The highest BCUT2D eigenvalue weighted by atomic mass is 79.9. The van der Waals surface area contributed by atoms with Crippen molar-refractivity contribution in [2.75, 3.05) is 11.5 Å². The van der Waals surface area contributed by atoms with Gasteiger partial charge in [0.2, 0.25) is 0 Å². The summed E-state index contributed by atoms with van der Waals surface area (Å²) in [5.74, 6) is -1.73. The van der Waals surface area contributed by atoms with E-state index in [2.05, 4.69) is 21.2 Å². The van der Waals surface area contributed by atoms with Gasteiger partial charge < -0.3 is 9.47 Å². The Hall–Kier alpha value is -4.58. The smallest absolute Gasteiger partial charge is 0.335 e. The van der Waals surface area contributed by atoms with Crippen LogP contribution in [0.1, 0.15) is 18.1 Å². The number of benzene rings is 3. The second-order valence-corrected chi connectivity index (χ2v) is 8.77. The zero-order valence-corrected chi connectivity index (χ0v) is 21.4. The number of hydrogen-bond acceptors (Lipinski definition) is 7. The summed E-state index contributed by atoms with van der Waals surface area (Å²) >= 11 is 3.41. The number of amides is 4. The van der Waals surface area contributed by atoms with Gasteiger partial charge in [0.25, 0.3) is 17.5 Å². The Morgan fingerprint density at radius 2 is 1.82 bits per heavy atom. The molecule has 0 atom stereocenters. The number of carbonyl (C=O) groups is 3. The van der Waals surface area contributed by atoms with Crippen molar-refractivity contribution in [3.63, 3.8) is 0 Å². The van der Waals surface area contributed by atoms with Crippen LogP contribution in [0.3, 0.4) is 0 Å². The average Bonchev–Trinajstić information content (AvgIpc) is 2.87. The number of anilines is 1. The van der Waals surface area contributed by atoms with Crippen LogP contribution in [0.5, 0.6) is 11.5 Å². The molecule has 38 heavy (non-hydrogen) atoms. The highest BCUT2D eigenvalue weighted by Gasteiger charge is 2.37. The van der Waals surface area contributed by atoms with Crippen LogP contribution < -0.4 is 19.7 Å². The minimum absolute atomic E-state index is 0.0103. The number of non-ortho nitro benzene ring substituents is 1. The summed E-state index contributed by atoms with van der Waals surface area (Å²) < 4.78 is 25.3. The van der Waals surface area contributed by atoms with E-state index in [1.165, 1.54) is 30.3 Å². The molecule has 1 N–H and O–H groups in total. The van der Waals surface area contributed by atoms with Gasteiger partial charge in [0.05, 0.1) is 21.7 Å². The Kier molecular flexibility index (Phi) is 7.82. The van der Waals surface area contributed by atoms with E-state index in [1.54, 1.807) is 31.2 Å². The van der Waals surface area contributed by atoms with Gasteiger partial charge in [-0.25, -0.2) is 14.1 Å². The normalized spacial score (nSPS) is 14.4. The second-order valence-electron chi connectivity index (χ2n) is 7.91. The number of rotatable bonds is 8. The monoisotopic (exact) mass is 583 g/mol. The molecule has 1 aliphatic rings. The molecule has 194 valence electrons.